The second-order valence-corrected chi connectivity index (χ2v) is 6.84. The van der Waals surface area contributed by atoms with Gasteiger partial charge in [0.25, 0.3) is 0 Å². The van der Waals surface area contributed by atoms with Crippen LogP contribution >= 0.6 is 0 Å². The van der Waals surface area contributed by atoms with E-state index in [4.69, 9.17) is 4.74 Å². The number of hydrogen-bond donors (Lipinski definition) is 1. The topological polar surface area (TPSA) is 41.6 Å². The van der Waals surface area contributed by atoms with Crippen LogP contribution in [-0.4, -0.2) is 50.7 Å². The zero-order valence-electron chi connectivity index (χ0n) is 14.1. The molecule has 126 valence electrons. The zero-order chi connectivity index (χ0) is 16.1. The fraction of sp³-hybridized carbons (Fsp3) is 0.632. The van der Waals surface area contributed by atoms with Crippen LogP contribution < -0.4 is 5.32 Å². The first-order chi connectivity index (χ1) is 11.3. The minimum absolute atomic E-state index is 0.0912. The molecule has 1 N–H and O–H groups in total. The van der Waals surface area contributed by atoms with Gasteiger partial charge in [-0.15, -0.1) is 0 Å². The Bertz CT molecular complexity index is 513. The maximum absolute atomic E-state index is 12.3. The average Bonchev–Trinajstić information content (AvgIpc) is 3.35. The van der Waals surface area contributed by atoms with Crippen LogP contribution in [0.25, 0.3) is 0 Å². The molecule has 1 saturated heterocycles. The predicted octanol–water partition coefficient (Wildman–Crippen LogP) is 2.19. The van der Waals surface area contributed by atoms with Gasteiger partial charge >= 0.3 is 5.97 Å². The van der Waals surface area contributed by atoms with Gasteiger partial charge in [-0.1, -0.05) is 36.8 Å². The summed E-state index contributed by atoms with van der Waals surface area (Å²) in [4.78, 5) is 14.9. The summed E-state index contributed by atoms with van der Waals surface area (Å²) in [6, 6.07) is 10.1. The molecule has 0 aromatic heterocycles. The maximum atomic E-state index is 12.3. The molecule has 1 heterocycles. The van der Waals surface area contributed by atoms with E-state index in [1.54, 1.807) is 0 Å². The summed E-state index contributed by atoms with van der Waals surface area (Å²) < 4.78 is 5.09. The number of likely N-dealkylation sites (tertiary alicyclic amines) is 1. The van der Waals surface area contributed by atoms with Crippen LogP contribution in [0.2, 0.25) is 0 Å². The molecule has 1 aromatic carbocycles. The SMILES string of the molecule is COC(=O)[C@]1(c2ccccc2)C[C@@H]1CNCCN1CCCCC1. The zero-order valence-corrected chi connectivity index (χ0v) is 14.1. The van der Waals surface area contributed by atoms with Gasteiger partial charge in [0.15, 0.2) is 0 Å². The van der Waals surface area contributed by atoms with Gasteiger partial charge in [-0.2, -0.15) is 0 Å². The lowest BCUT2D eigenvalue weighted by Crippen LogP contribution is -2.37. The first kappa shape index (κ1) is 16.5. The van der Waals surface area contributed by atoms with Gasteiger partial charge in [0, 0.05) is 13.1 Å². The van der Waals surface area contributed by atoms with Gasteiger partial charge in [-0.25, -0.2) is 0 Å². The van der Waals surface area contributed by atoms with Crippen molar-refractivity contribution in [3.63, 3.8) is 0 Å². The van der Waals surface area contributed by atoms with Gasteiger partial charge in [0.05, 0.1) is 12.5 Å². The molecular weight excluding hydrogens is 288 g/mol. The molecule has 0 radical (unpaired) electrons. The highest BCUT2D eigenvalue weighted by molar-refractivity contribution is 5.87. The Hall–Kier alpha value is -1.39. The third kappa shape index (κ3) is 3.59. The number of carbonyl (C=O) groups excluding carboxylic acids is 1. The Kier molecular flexibility index (Phi) is 5.34. The van der Waals surface area contributed by atoms with Crippen molar-refractivity contribution in [3.05, 3.63) is 35.9 Å². The summed E-state index contributed by atoms with van der Waals surface area (Å²) in [5, 5.41) is 3.55. The predicted molar refractivity (Wildman–Crippen MR) is 91.4 cm³/mol. The third-order valence-electron chi connectivity index (χ3n) is 5.39. The molecule has 2 aliphatic rings. The smallest absolute Gasteiger partial charge is 0.316 e. The van der Waals surface area contributed by atoms with E-state index in [9.17, 15) is 4.79 Å². The van der Waals surface area contributed by atoms with Crippen LogP contribution in [0.1, 0.15) is 31.2 Å². The van der Waals surface area contributed by atoms with Crippen LogP contribution in [0.5, 0.6) is 0 Å². The van der Waals surface area contributed by atoms with E-state index in [0.29, 0.717) is 5.92 Å². The van der Waals surface area contributed by atoms with E-state index in [-0.39, 0.29) is 5.97 Å². The van der Waals surface area contributed by atoms with E-state index in [0.717, 1.165) is 31.6 Å². The van der Waals surface area contributed by atoms with Gasteiger partial charge in [-0.05, 0) is 50.4 Å². The molecule has 1 aliphatic heterocycles. The molecule has 0 bridgehead atoms. The number of ether oxygens (including phenoxy) is 1. The number of nitrogens with one attached hydrogen (secondary N) is 1. The van der Waals surface area contributed by atoms with Crippen molar-refractivity contribution < 1.29 is 9.53 Å². The number of benzene rings is 1. The molecular formula is C19H28N2O2. The van der Waals surface area contributed by atoms with Crippen LogP contribution in [0.3, 0.4) is 0 Å². The Labute approximate surface area is 139 Å². The summed E-state index contributed by atoms with van der Waals surface area (Å²) in [7, 11) is 1.49. The fourth-order valence-electron chi connectivity index (χ4n) is 3.91. The number of carbonyl (C=O) groups is 1. The molecule has 0 spiro atoms. The van der Waals surface area contributed by atoms with E-state index >= 15 is 0 Å². The largest absolute Gasteiger partial charge is 0.468 e. The quantitative estimate of drug-likeness (QED) is 0.618. The lowest BCUT2D eigenvalue weighted by molar-refractivity contribution is -0.144. The highest BCUT2D eigenvalue weighted by Gasteiger charge is 2.61. The summed E-state index contributed by atoms with van der Waals surface area (Å²) in [5.74, 6) is 0.255. The second-order valence-electron chi connectivity index (χ2n) is 6.84. The van der Waals surface area contributed by atoms with Crippen molar-refractivity contribution in [3.8, 4) is 0 Å². The number of rotatable bonds is 7. The van der Waals surface area contributed by atoms with Crippen LogP contribution in [-0.2, 0) is 14.9 Å². The Morgan fingerprint density at radius 2 is 2.00 bits per heavy atom. The summed E-state index contributed by atoms with van der Waals surface area (Å²) in [6.45, 7) is 5.48. The lowest BCUT2D eigenvalue weighted by Gasteiger charge is -2.26. The van der Waals surface area contributed by atoms with Gasteiger partial charge in [-0.3, -0.25) is 4.79 Å². The molecule has 0 amide bonds. The van der Waals surface area contributed by atoms with Crippen molar-refractivity contribution in [1.29, 1.82) is 0 Å². The van der Waals surface area contributed by atoms with Crippen LogP contribution in [0.15, 0.2) is 30.3 Å². The van der Waals surface area contributed by atoms with Crippen molar-refractivity contribution >= 4 is 5.97 Å². The van der Waals surface area contributed by atoms with E-state index in [1.165, 1.54) is 39.5 Å². The molecule has 23 heavy (non-hydrogen) atoms. The first-order valence-electron chi connectivity index (χ1n) is 8.84. The summed E-state index contributed by atoms with van der Waals surface area (Å²) in [6.07, 6.45) is 4.94. The molecule has 1 saturated carbocycles. The van der Waals surface area contributed by atoms with Gasteiger partial charge in [0.2, 0.25) is 0 Å². The molecule has 3 rings (SSSR count). The molecule has 2 fully saturated rings. The first-order valence-corrected chi connectivity index (χ1v) is 8.84. The second kappa shape index (κ2) is 7.45. The number of piperidine rings is 1. The van der Waals surface area contributed by atoms with E-state index in [1.807, 2.05) is 30.3 Å². The van der Waals surface area contributed by atoms with E-state index < -0.39 is 5.41 Å². The summed E-state index contributed by atoms with van der Waals surface area (Å²) in [5.41, 5.74) is 0.670. The third-order valence-corrected chi connectivity index (χ3v) is 5.39. The Morgan fingerprint density at radius 3 is 2.70 bits per heavy atom. The van der Waals surface area contributed by atoms with Gasteiger partial charge in [0.1, 0.15) is 0 Å². The number of esters is 1. The number of hydrogen-bond acceptors (Lipinski definition) is 4. The molecule has 4 heteroatoms. The van der Waals surface area contributed by atoms with E-state index in [2.05, 4.69) is 10.2 Å². The molecule has 4 nitrogen and oxygen atoms in total. The normalized spacial score (nSPS) is 27.6. The van der Waals surface area contributed by atoms with Crippen molar-refractivity contribution in [2.75, 3.05) is 39.8 Å². The molecule has 1 aromatic rings. The van der Waals surface area contributed by atoms with Crippen molar-refractivity contribution in [2.45, 2.75) is 31.1 Å². The average molecular weight is 316 g/mol. The highest BCUT2D eigenvalue weighted by atomic mass is 16.5. The Morgan fingerprint density at radius 1 is 1.26 bits per heavy atom. The highest BCUT2D eigenvalue weighted by Crippen LogP contribution is 2.54. The fourth-order valence-corrected chi connectivity index (χ4v) is 3.91. The molecule has 2 atom stereocenters. The lowest BCUT2D eigenvalue weighted by atomic mass is 9.93. The van der Waals surface area contributed by atoms with Crippen molar-refractivity contribution in [2.24, 2.45) is 5.92 Å². The standard InChI is InChI=1S/C19H28N2O2/c1-23-18(22)19(16-8-4-2-5-9-16)14-17(19)15-20-10-13-21-11-6-3-7-12-21/h2,4-5,8-9,17,20H,3,6-7,10-15H2,1H3/t17-,19+/m1/s1. The minimum Gasteiger partial charge on any atom is -0.468 e. The van der Waals surface area contributed by atoms with Crippen LogP contribution in [0.4, 0.5) is 0 Å². The van der Waals surface area contributed by atoms with Gasteiger partial charge < -0.3 is 15.0 Å². The van der Waals surface area contributed by atoms with Crippen LogP contribution in [0, 0.1) is 5.92 Å². The monoisotopic (exact) mass is 316 g/mol. The summed E-state index contributed by atoms with van der Waals surface area (Å²) >= 11 is 0. The maximum Gasteiger partial charge on any atom is 0.316 e. The molecule has 1 aliphatic carbocycles. The number of nitrogens with zero attached hydrogens (tertiary/aromatic N) is 1. The minimum atomic E-state index is -0.422. The number of methoxy groups -OCH3 is 1. The Balaban J connectivity index is 1.49. The van der Waals surface area contributed by atoms with Crippen molar-refractivity contribution in [1.82, 2.24) is 10.2 Å². The molecule has 0 unspecified atom stereocenters.